The summed E-state index contributed by atoms with van der Waals surface area (Å²) in [6, 6.07) is 0.571. The molecule has 0 aliphatic rings. The highest BCUT2D eigenvalue weighted by Gasteiger charge is 2.06. The number of carbonyl (C=O) groups excluding carboxylic acids is 1. The first-order valence-electron chi connectivity index (χ1n) is 5.28. The van der Waals surface area contributed by atoms with Crippen molar-refractivity contribution in [2.75, 3.05) is 26.7 Å². The Balaban J connectivity index is 0. The van der Waals surface area contributed by atoms with Gasteiger partial charge in [-0.05, 0) is 20.4 Å². The van der Waals surface area contributed by atoms with Crippen LogP contribution >= 0.6 is 12.4 Å². The molecule has 15 heavy (non-hydrogen) atoms. The van der Waals surface area contributed by atoms with Gasteiger partial charge in [0.1, 0.15) is 0 Å². The second kappa shape index (κ2) is 10.2. The molecule has 92 valence electrons. The lowest BCUT2D eigenvalue weighted by Crippen LogP contribution is -2.37. The number of amides is 1. The van der Waals surface area contributed by atoms with Crippen LogP contribution in [-0.4, -0.2) is 43.5 Å². The molecular formula is C10H24ClN3O. The van der Waals surface area contributed by atoms with E-state index in [0.717, 1.165) is 13.0 Å². The Bertz CT molecular complexity index is 167. The molecule has 0 fully saturated rings. The fourth-order valence-electron chi connectivity index (χ4n) is 1.12. The van der Waals surface area contributed by atoms with E-state index in [9.17, 15) is 4.79 Å². The lowest BCUT2D eigenvalue weighted by atomic mass is 10.2. The number of nitrogens with zero attached hydrogens (tertiary/aromatic N) is 1. The van der Waals surface area contributed by atoms with Crippen molar-refractivity contribution in [2.24, 2.45) is 5.73 Å². The van der Waals surface area contributed by atoms with Gasteiger partial charge in [0.05, 0.1) is 0 Å². The molecule has 0 bridgehead atoms. The maximum absolute atomic E-state index is 11.1. The lowest BCUT2D eigenvalue weighted by molar-refractivity contribution is -0.120. The normalized spacial score (nSPS) is 12.1. The van der Waals surface area contributed by atoms with Gasteiger partial charge in [-0.3, -0.25) is 4.79 Å². The molecular weight excluding hydrogens is 214 g/mol. The van der Waals surface area contributed by atoms with Gasteiger partial charge in [-0.2, -0.15) is 0 Å². The van der Waals surface area contributed by atoms with Gasteiger partial charge in [0.15, 0.2) is 0 Å². The van der Waals surface area contributed by atoms with Crippen LogP contribution in [-0.2, 0) is 4.79 Å². The zero-order valence-corrected chi connectivity index (χ0v) is 10.8. The van der Waals surface area contributed by atoms with Gasteiger partial charge in [-0.15, -0.1) is 12.4 Å². The van der Waals surface area contributed by atoms with Crippen LogP contribution in [0.4, 0.5) is 0 Å². The molecule has 0 aliphatic heterocycles. The second-order valence-electron chi connectivity index (χ2n) is 3.63. The van der Waals surface area contributed by atoms with Crippen LogP contribution < -0.4 is 11.1 Å². The fourth-order valence-corrected chi connectivity index (χ4v) is 1.12. The van der Waals surface area contributed by atoms with Crippen molar-refractivity contribution in [1.29, 1.82) is 0 Å². The minimum Gasteiger partial charge on any atom is -0.355 e. The van der Waals surface area contributed by atoms with Crippen LogP contribution in [0.5, 0.6) is 0 Å². The number of rotatable bonds is 7. The quantitative estimate of drug-likeness (QED) is 0.682. The summed E-state index contributed by atoms with van der Waals surface area (Å²) in [7, 11) is 2.07. The predicted molar refractivity (Wildman–Crippen MR) is 66.3 cm³/mol. The summed E-state index contributed by atoms with van der Waals surface area (Å²) in [5, 5.41) is 2.83. The van der Waals surface area contributed by atoms with Gasteiger partial charge in [0, 0.05) is 32.1 Å². The van der Waals surface area contributed by atoms with Crippen LogP contribution in [0, 0.1) is 0 Å². The second-order valence-corrected chi connectivity index (χ2v) is 3.63. The Morgan fingerprint density at radius 2 is 2.13 bits per heavy atom. The number of likely N-dealkylation sites (N-methyl/N-ethyl adjacent to an activating group) is 1. The summed E-state index contributed by atoms with van der Waals surface area (Å²) in [5.41, 5.74) is 5.26. The average Bonchev–Trinajstić information content (AvgIpc) is 2.16. The van der Waals surface area contributed by atoms with Crippen LogP contribution in [0.3, 0.4) is 0 Å². The third kappa shape index (κ3) is 8.66. The van der Waals surface area contributed by atoms with E-state index in [2.05, 4.69) is 31.1 Å². The largest absolute Gasteiger partial charge is 0.355 e. The maximum atomic E-state index is 11.1. The molecule has 0 saturated heterocycles. The number of halogens is 1. The van der Waals surface area contributed by atoms with Crippen molar-refractivity contribution in [1.82, 2.24) is 10.2 Å². The summed E-state index contributed by atoms with van der Waals surface area (Å²) >= 11 is 0. The summed E-state index contributed by atoms with van der Waals surface area (Å²) in [4.78, 5) is 13.3. The minimum absolute atomic E-state index is 0. The molecule has 0 radical (unpaired) electrons. The first kappa shape index (κ1) is 17.1. The molecule has 3 N–H and O–H groups in total. The van der Waals surface area contributed by atoms with Crippen molar-refractivity contribution in [3.63, 3.8) is 0 Å². The van der Waals surface area contributed by atoms with Crippen molar-refractivity contribution >= 4 is 18.3 Å². The third-order valence-corrected chi connectivity index (χ3v) is 2.50. The summed E-state index contributed by atoms with van der Waals surface area (Å²) in [6.07, 6.45) is 1.56. The summed E-state index contributed by atoms with van der Waals surface area (Å²) < 4.78 is 0. The van der Waals surface area contributed by atoms with Crippen LogP contribution in [0.25, 0.3) is 0 Å². The van der Waals surface area contributed by atoms with Crippen molar-refractivity contribution in [3.8, 4) is 0 Å². The Kier molecular flexibility index (Phi) is 11.6. The van der Waals surface area contributed by atoms with Crippen LogP contribution in [0.1, 0.15) is 26.7 Å². The van der Waals surface area contributed by atoms with Crippen LogP contribution in [0.15, 0.2) is 0 Å². The fraction of sp³-hybridized carbons (Fsp3) is 0.900. The van der Waals surface area contributed by atoms with E-state index in [4.69, 9.17) is 5.73 Å². The van der Waals surface area contributed by atoms with Gasteiger partial charge >= 0.3 is 0 Å². The molecule has 0 aromatic rings. The van der Waals surface area contributed by atoms with Gasteiger partial charge in [-0.25, -0.2) is 0 Å². The molecule has 5 heteroatoms. The number of nitrogens with two attached hydrogens (primary N) is 1. The smallest absolute Gasteiger partial charge is 0.221 e. The first-order chi connectivity index (χ1) is 6.61. The molecule has 0 saturated carbocycles. The number of hydrogen-bond donors (Lipinski definition) is 2. The topological polar surface area (TPSA) is 58.4 Å². The molecule has 0 spiro atoms. The summed E-state index contributed by atoms with van der Waals surface area (Å²) in [6.45, 7) is 6.37. The molecule has 1 unspecified atom stereocenters. The van der Waals surface area contributed by atoms with Crippen molar-refractivity contribution in [3.05, 3.63) is 0 Å². The zero-order valence-electron chi connectivity index (χ0n) is 9.95. The van der Waals surface area contributed by atoms with E-state index >= 15 is 0 Å². The minimum atomic E-state index is 0. The Labute approximate surface area is 99.0 Å². The Morgan fingerprint density at radius 1 is 1.53 bits per heavy atom. The highest BCUT2D eigenvalue weighted by Crippen LogP contribution is 1.97. The molecule has 4 nitrogen and oxygen atoms in total. The van der Waals surface area contributed by atoms with Gasteiger partial charge in [0.2, 0.25) is 5.91 Å². The van der Waals surface area contributed by atoms with Gasteiger partial charge in [-0.1, -0.05) is 6.92 Å². The molecule has 1 atom stereocenters. The van der Waals surface area contributed by atoms with Gasteiger partial charge in [0.25, 0.3) is 0 Å². The molecule has 0 aromatic heterocycles. The molecule has 1 amide bonds. The summed E-state index contributed by atoms with van der Waals surface area (Å²) in [5.74, 6) is 0.0463. The molecule has 0 rings (SSSR count). The Morgan fingerprint density at radius 3 is 2.60 bits per heavy atom. The number of nitrogens with one attached hydrogen (secondary N) is 1. The van der Waals surface area contributed by atoms with Gasteiger partial charge < -0.3 is 16.0 Å². The monoisotopic (exact) mass is 237 g/mol. The highest BCUT2D eigenvalue weighted by molar-refractivity contribution is 5.85. The lowest BCUT2D eigenvalue weighted by Gasteiger charge is -2.23. The number of carbonyl (C=O) groups is 1. The van der Waals surface area contributed by atoms with E-state index in [0.29, 0.717) is 25.6 Å². The molecule has 0 aromatic carbocycles. The standard InChI is InChI=1S/C10H23N3O.ClH/c1-4-9(2)13(3)8-7-12-10(14)5-6-11;/h9H,4-8,11H2,1-3H3,(H,12,14);1H. The van der Waals surface area contributed by atoms with Crippen LogP contribution in [0.2, 0.25) is 0 Å². The highest BCUT2D eigenvalue weighted by atomic mass is 35.5. The maximum Gasteiger partial charge on any atom is 0.221 e. The predicted octanol–water partition coefficient (Wildman–Crippen LogP) is 0.604. The SMILES string of the molecule is CCC(C)N(C)CCNC(=O)CCN.Cl. The van der Waals surface area contributed by atoms with E-state index in [1.54, 1.807) is 0 Å². The molecule has 0 heterocycles. The molecule has 0 aliphatic carbocycles. The van der Waals surface area contributed by atoms with E-state index in [-0.39, 0.29) is 18.3 Å². The Hall–Kier alpha value is -0.320. The van der Waals surface area contributed by atoms with E-state index < -0.39 is 0 Å². The van der Waals surface area contributed by atoms with E-state index in [1.807, 2.05) is 0 Å². The van der Waals surface area contributed by atoms with E-state index in [1.165, 1.54) is 0 Å². The first-order valence-corrected chi connectivity index (χ1v) is 5.28. The number of hydrogen-bond acceptors (Lipinski definition) is 3. The van der Waals surface area contributed by atoms with Crippen molar-refractivity contribution < 1.29 is 4.79 Å². The zero-order chi connectivity index (χ0) is 11.0. The third-order valence-electron chi connectivity index (χ3n) is 2.50. The van der Waals surface area contributed by atoms with Crippen molar-refractivity contribution in [2.45, 2.75) is 32.7 Å². The average molecular weight is 238 g/mol.